The van der Waals surface area contributed by atoms with Gasteiger partial charge in [0.05, 0.1) is 20.1 Å². The second-order valence-corrected chi connectivity index (χ2v) is 6.88. The summed E-state index contributed by atoms with van der Waals surface area (Å²) >= 11 is 0. The summed E-state index contributed by atoms with van der Waals surface area (Å²) < 4.78 is 10.5. The van der Waals surface area contributed by atoms with E-state index in [0.717, 1.165) is 19.4 Å². The van der Waals surface area contributed by atoms with Crippen LogP contribution in [-0.4, -0.2) is 50.6 Å². The number of carbonyl (C=O) groups excluding carboxylic acids is 2. The zero-order chi connectivity index (χ0) is 17.8. The van der Waals surface area contributed by atoms with E-state index in [0.29, 0.717) is 36.1 Å². The first kappa shape index (κ1) is 17.6. The summed E-state index contributed by atoms with van der Waals surface area (Å²) in [5.41, 5.74) is 0.523. The Bertz CT molecular complexity index is 620. The number of nitrogens with one attached hydrogen (secondary N) is 1. The van der Waals surface area contributed by atoms with Gasteiger partial charge in [0.25, 0.3) is 5.91 Å². The molecule has 1 aromatic carbocycles. The van der Waals surface area contributed by atoms with Crippen molar-refractivity contribution in [3.05, 3.63) is 23.8 Å². The molecule has 25 heavy (non-hydrogen) atoms. The van der Waals surface area contributed by atoms with Crippen LogP contribution in [-0.2, 0) is 4.79 Å². The van der Waals surface area contributed by atoms with Gasteiger partial charge in [0, 0.05) is 31.3 Å². The number of piperidine rings is 1. The van der Waals surface area contributed by atoms with Crippen molar-refractivity contribution in [2.24, 2.45) is 11.8 Å². The van der Waals surface area contributed by atoms with Gasteiger partial charge in [0.15, 0.2) is 0 Å². The molecular weight excluding hydrogens is 320 g/mol. The molecule has 1 heterocycles. The minimum Gasteiger partial charge on any atom is -0.497 e. The number of hydrogen-bond acceptors (Lipinski definition) is 4. The van der Waals surface area contributed by atoms with E-state index in [9.17, 15) is 9.59 Å². The smallest absolute Gasteiger partial charge is 0.254 e. The molecule has 1 aromatic rings. The highest BCUT2D eigenvalue weighted by atomic mass is 16.5. The van der Waals surface area contributed by atoms with Crippen molar-refractivity contribution >= 4 is 11.8 Å². The molecule has 1 atom stereocenters. The topological polar surface area (TPSA) is 67.9 Å². The van der Waals surface area contributed by atoms with Gasteiger partial charge in [-0.3, -0.25) is 9.59 Å². The number of nitrogens with zero attached hydrogens (tertiary/aromatic N) is 1. The molecule has 1 aliphatic heterocycles. The molecule has 2 amide bonds. The van der Waals surface area contributed by atoms with E-state index in [-0.39, 0.29) is 17.7 Å². The van der Waals surface area contributed by atoms with Crippen LogP contribution in [0.2, 0.25) is 0 Å². The second-order valence-electron chi connectivity index (χ2n) is 6.88. The summed E-state index contributed by atoms with van der Waals surface area (Å²) in [6.07, 6.45) is 4.11. The average molecular weight is 346 g/mol. The van der Waals surface area contributed by atoms with Gasteiger partial charge in [0.2, 0.25) is 5.91 Å². The SMILES string of the molecule is COc1cc(OC)cc(C(=O)N2CCCC(C(=O)NCC3CC3)C2)c1. The van der Waals surface area contributed by atoms with Crippen LogP contribution >= 0.6 is 0 Å². The highest BCUT2D eigenvalue weighted by molar-refractivity contribution is 5.95. The van der Waals surface area contributed by atoms with Crippen molar-refractivity contribution in [1.82, 2.24) is 10.2 Å². The first-order valence-corrected chi connectivity index (χ1v) is 8.90. The highest BCUT2D eigenvalue weighted by Gasteiger charge is 2.30. The van der Waals surface area contributed by atoms with Gasteiger partial charge in [0.1, 0.15) is 11.5 Å². The fourth-order valence-electron chi connectivity index (χ4n) is 3.20. The standard InChI is InChI=1S/C19H26N2O4/c1-24-16-8-15(9-17(10-16)25-2)19(23)21-7-3-4-14(12-21)18(22)20-11-13-5-6-13/h8-10,13-14H,3-7,11-12H2,1-2H3,(H,20,22). The summed E-state index contributed by atoms with van der Waals surface area (Å²) in [6, 6.07) is 5.16. The zero-order valence-electron chi connectivity index (χ0n) is 14.9. The van der Waals surface area contributed by atoms with E-state index in [4.69, 9.17) is 9.47 Å². The Morgan fingerprint density at radius 1 is 1.12 bits per heavy atom. The van der Waals surface area contributed by atoms with Crippen LogP contribution in [0.3, 0.4) is 0 Å². The maximum absolute atomic E-state index is 12.9. The minimum absolute atomic E-state index is 0.0765. The molecule has 1 aliphatic carbocycles. The van der Waals surface area contributed by atoms with Crippen molar-refractivity contribution < 1.29 is 19.1 Å². The molecule has 2 aliphatic rings. The number of amides is 2. The van der Waals surface area contributed by atoms with Crippen molar-refractivity contribution in [3.63, 3.8) is 0 Å². The Kier molecular flexibility index (Phi) is 5.46. The third-order valence-electron chi connectivity index (χ3n) is 4.94. The normalized spacial score (nSPS) is 20.1. The lowest BCUT2D eigenvalue weighted by Gasteiger charge is -2.32. The van der Waals surface area contributed by atoms with Crippen LogP contribution in [0, 0.1) is 11.8 Å². The predicted molar refractivity (Wildman–Crippen MR) is 93.9 cm³/mol. The van der Waals surface area contributed by atoms with Gasteiger partial charge in [-0.2, -0.15) is 0 Å². The predicted octanol–water partition coefficient (Wildman–Crippen LogP) is 2.08. The van der Waals surface area contributed by atoms with Crippen molar-refractivity contribution in [3.8, 4) is 11.5 Å². The van der Waals surface area contributed by atoms with Crippen LogP contribution in [0.4, 0.5) is 0 Å². The van der Waals surface area contributed by atoms with Gasteiger partial charge in [-0.25, -0.2) is 0 Å². The monoisotopic (exact) mass is 346 g/mol. The van der Waals surface area contributed by atoms with E-state index in [1.807, 2.05) is 0 Å². The van der Waals surface area contributed by atoms with Crippen molar-refractivity contribution in [1.29, 1.82) is 0 Å². The van der Waals surface area contributed by atoms with Crippen LogP contribution in [0.25, 0.3) is 0 Å². The van der Waals surface area contributed by atoms with Crippen LogP contribution < -0.4 is 14.8 Å². The molecule has 0 bridgehead atoms. The van der Waals surface area contributed by atoms with Gasteiger partial charge >= 0.3 is 0 Å². The fourth-order valence-corrected chi connectivity index (χ4v) is 3.20. The van der Waals surface area contributed by atoms with E-state index < -0.39 is 0 Å². The molecule has 1 unspecified atom stereocenters. The first-order chi connectivity index (χ1) is 12.1. The fraction of sp³-hybridized carbons (Fsp3) is 0.579. The Morgan fingerprint density at radius 2 is 1.80 bits per heavy atom. The van der Waals surface area contributed by atoms with Crippen molar-refractivity contribution in [2.75, 3.05) is 33.9 Å². The maximum Gasteiger partial charge on any atom is 0.254 e. The molecule has 6 nitrogen and oxygen atoms in total. The molecule has 6 heteroatoms. The van der Waals surface area contributed by atoms with Crippen molar-refractivity contribution in [2.45, 2.75) is 25.7 Å². The van der Waals surface area contributed by atoms with E-state index in [1.165, 1.54) is 12.8 Å². The molecule has 0 radical (unpaired) electrons. The summed E-state index contributed by atoms with van der Waals surface area (Å²) in [6.45, 7) is 1.91. The number of ether oxygens (including phenoxy) is 2. The quantitative estimate of drug-likeness (QED) is 0.856. The zero-order valence-corrected chi connectivity index (χ0v) is 14.9. The lowest BCUT2D eigenvalue weighted by atomic mass is 9.96. The summed E-state index contributed by atoms with van der Waals surface area (Å²) in [5.74, 6) is 1.69. The Morgan fingerprint density at radius 3 is 2.40 bits per heavy atom. The highest BCUT2D eigenvalue weighted by Crippen LogP contribution is 2.28. The maximum atomic E-state index is 12.9. The number of benzene rings is 1. The lowest BCUT2D eigenvalue weighted by molar-refractivity contribution is -0.126. The number of methoxy groups -OCH3 is 2. The van der Waals surface area contributed by atoms with E-state index >= 15 is 0 Å². The second kappa shape index (κ2) is 7.76. The van der Waals surface area contributed by atoms with Gasteiger partial charge in [-0.1, -0.05) is 0 Å². The summed E-state index contributed by atoms with van der Waals surface area (Å²) in [7, 11) is 3.12. The third kappa shape index (κ3) is 4.44. The molecule has 1 saturated heterocycles. The Labute approximate surface area is 148 Å². The molecule has 1 N–H and O–H groups in total. The largest absolute Gasteiger partial charge is 0.497 e. The van der Waals surface area contributed by atoms with Crippen LogP contribution in [0.5, 0.6) is 11.5 Å². The molecular formula is C19H26N2O4. The molecule has 0 aromatic heterocycles. The van der Waals surface area contributed by atoms with Gasteiger partial charge in [-0.15, -0.1) is 0 Å². The Balaban J connectivity index is 1.65. The lowest BCUT2D eigenvalue weighted by Crippen LogP contribution is -2.45. The molecule has 3 rings (SSSR count). The molecule has 136 valence electrons. The number of rotatable bonds is 6. The van der Waals surface area contributed by atoms with Crippen LogP contribution in [0.1, 0.15) is 36.0 Å². The number of likely N-dealkylation sites (tertiary alicyclic amines) is 1. The average Bonchev–Trinajstić information content (AvgIpc) is 3.49. The number of hydrogen-bond donors (Lipinski definition) is 1. The molecule has 1 saturated carbocycles. The molecule has 0 spiro atoms. The third-order valence-corrected chi connectivity index (χ3v) is 4.94. The molecule has 2 fully saturated rings. The minimum atomic E-state index is -0.121. The first-order valence-electron chi connectivity index (χ1n) is 8.90. The number of carbonyl (C=O) groups is 2. The van der Waals surface area contributed by atoms with E-state index in [1.54, 1.807) is 37.3 Å². The van der Waals surface area contributed by atoms with Gasteiger partial charge in [-0.05, 0) is 43.7 Å². The van der Waals surface area contributed by atoms with E-state index in [2.05, 4.69) is 5.32 Å². The van der Waals surface area contributed by atoms with Crippen LogP contribution in [0.15, 0.2) is 18.2 Å². The Hall–Kier alpha value is -2.24. The summed E-state index contributed by atoms with van der Waals surface area (Å²) in [4.78, 5) is 27.0. The van der Waals surface area contributed by atoms with Gasteiger partial charge < -0.3 is 19.7 Å². The summed E-state index contributed by atoms with van der Waals surface area (Å²) in [5, 5.41) is 3.03.